The van der Waals surface area contributed by atoms with Crippen LogP contribution in [0.25, 0.3) is 20.9 Å². The largest absolute Gasteiger partial charge is 0.468 e. The minimum Gasteiger partial charge on any atom is -0.468 e. The van der Waals surface area contributed by atoms with Crippen molar-refractivity contribution in [3.63, 3.8) is 0 Å². The van der Waals surface area contributed by atoms with Crippen molar-refractivity contribution >= 4 is 87.8 Å². The molecule has 0 saturated heterocycles. The number of hydrogen-bond acceptors (Lipinski definition) is 12. The van der Waals surface area contributed by atoms with Gasteiger partial charge in [-0.2, -0.15) is 0 Å². The highest BCUT2D eigenvalue weighted by Gasteiger charge is 2.30. The number of aliphatic imine (C=N–C) groups is 4. The Kier molecular flexibility index (Phi) is 31.9. The van der Waals surface area contributed by atoms with Crippen LogP contribution in [0.15, 0.2) is 153 Å². The van der Waals surface area contributed by atoms with Gasteiger partial charge in [-0.1, -0.05) is 232 Å². The van der Waals surface area contributed by atoms with Crippen LogP contribution >= 0.6 is 0 Å². The van der Waals surface area contributed by atoms with Crippen LogP contribution in [0.2, 0.25) is 76.6 Å². The molecule has 0 saturated carbocycles. The number of benzene rings is 4. The second-order valence-electron chi connectivity index (χ2n) is 27.0. The number of allylic oxidation sites excluding steroid dienone is 2. The minimum atomic E-state index is -1.59. The predicted octanol–water partition coefficient (Wildman–Crippen LogP) is 14.3. The van der Waals surface area contributed by atoms with Gasteiger partial charge in [0.25, 0.3) is 0 Å². The van der Waals surface area contributed by atoms with Gasteiger partial charge in [-0.15, -0.1) is 13.2 Å². The summed E-state index contributed by atoms with van der Waals surface area (Å²) in [6.45, 7) is 44.1. The third-order valence-electron chi connectivity index (χ3n) is 17.2. The summed E-state index contributed by atoms with van der Waals surface area (Å²) >= 11 is 0. The summed E-state index contributed by atoms with van der Waals surface area (Å²) in [5.41, 5.74) is 25.7. The highest BCUT2D eigenvalue weighted by Crippen LogP contribution is 2.25. The van der Waals surface area contributed by atoms with Crippen molar-refractivity contribution in [3.8, 4) is 0 Å². The minimum absolute atomic E-state index is 0.181. The summed E-state index contributed by atoms with van der Waals surface area (Å²) in [4.78, 5) is 48.3. The lowest BCUT2D eigenvalue weighted by Crippen LogP contribution is -2.41. The van der Waals surface area contributed by atoms with E-state index < -0.39 is 56.3 Å². The molecule has 16 nitrogen and oxygen atoms in total. The van der Waals surface area contributed by atoms with E-state index in [1.807, 2.05) is 42.5 Å². The van der Waals surface area contributed by atoms with Crippen LogP contribution in [-0.2, 0) is 31.9 Å². The van der Waals surface area contributed by atoms with Crippen molar-refractivity contribution < 1.29 is 29.3 Å². The van der Waals surface area contributed by atoms with Gasteiger partial charge >= 0.3 is 11.9 Å². The van der Waals surface area contributed by atoms with Crippen molar-refractivity contribution in [2.24, 2.45) is 42.0 Å². The lowest BCUT2D eigenvalue weighted by atomic mass is 9.95. The Morgan fingerprint density at radius 2 is 0.800 bits per heavy atom. The maximum Gasteiger partial charge on any atom is 0.319 e. The Bertz CT molecular complexity index is 3180. The highest BCUT2D eigenvalue weighted by molar-refractivity contribution is 6.91. The van der Waals surface area contributed by atoms with E-state index >= 15 is 0 Å². The van der Waals surface area contributed by atoms with Crippen LogP contribution in [0.3, 0.4) is 0 Å². The first-order valence-electron chi connectivity index (χ1n) is 31.7. The fourth-order valence-corrected chi connectivity index (χ4v) is 20.1. The molecule has 20 heteroatoms. The van der Waals surface area contributed by atoms with Crippen LogP contribution in [0, 0.1) is 11.8 Å². The number of nitrogens with zero attached hydrogens (tertiary/aromatic N) is 10. The fraction of sp³-hybridized carbons (Fsp3) is 0.514. The standard InChI is InChI=1S/C21H34N2OSi.C21H32N2Si.C14H21N3O3Si.C14H19N3O2Si/c1-15(2)21-17(4)22-20(16(3)23-21)14-18-8-10-19(11-9-18)25(5,6)13-7-12-24;1-8-13-24(6,7)19-11-9-18(10-12-19)14-20-16(4)23-21(15(2)3)17(5)22-20;1-20-14(19)13(16-17-15)11-5-7-12(8-6-11)21(2,3)10-4-9-18;1-5-10-20(3,4)12-8-6-11(7-9-12)13(16-17-15)14(18)19-2/h8-11,15,20-21,24H,7,12-14H2,1-6H3;8-12,15,20-21H,1,13-14H2,2-7H3;5-8,13,18H,4,9-10H2,1-3H3;5-9,13H,1,10H2,2-4H3/t2*20-,21+;;/m00../s1. The zero-order valence-electron chi connectivity index (χ0n) is 57.5. The molecule has 2 heterocycles. The first-order chi connectivity index (χ1) is 42.4. The summed E-state index contributed by atoms with van der Waals surface area (Å²) in [5.74, 6) is -0.110. The zero-order valence-corrected chi connectivity index (χ0v) is 61.5. The molecule has 90 heavy (non-hydrogen) atoms. The van der Waals surface area contributed by atoms with Gasteiger partial charge in [0.15, 0.2) is 12.1 Å². The molecule has 6 rings (SSSR count). The molecular weight excluding hydrogens is 1190 g/mol. The number of ether oxygens (including phenoxy) is 2. The molecule has 0 bridgehead atoms. The first kappa shape index (κ1) is 77.6. The number of aliphatic hydroxyl groups excluding tert-OH is 2. The number of carbonyl (C=O) groups is 2. The quantitative estimate of drug-likeness (QED) is 0.0155. The van der Waals surface area contributed by atoms with E-state index in [2.05, 4.69) is 205 Å². The van der Waals surface area contributed by atoms with E-state index in [1.54, 1.807) is 12.1 Å². The molecule has 6 atom stereocenters. The zero-order chi connectivity index (χ0) is 67.6. The van der Waals surface area contributed by atoms with Crippen LogP contribution in [0.4, 0.5) is 0 Å². The molecule has 0 aromatic heterocycles. The highest BCUT2D eigenvalue weighted by atomic mass is 28.3. The number of azide groups is 2. The van der Waals surface area contributed by atoms with E-state index in [9.17, 15) is 9.59 Å². The molecule has 0 spiro atoms. The Labute approximate surface area is 543 Å². The van der Waals surface area contributed by atoms with E-state index in [4.69, 9.17) is 41.2 Å². The maximum atomic E-state index is 11.6. The van der Waals surface area contributed by atoms with Crippen molar-refractivity contribution in [2.75, 3.05) is 27.4 Å². The van der Waals surface area contributed by atoms with Crippen LogP contribution < -0.4 is 20.7 Å². The van der Waals surface area contributed by atoms with E-state index in [0.29, 0.717) is 29.6 Å². The summed E-state index contributed by atoms with van der Waals surface area (Å²) in [5, 5.41) is 30.5. The van der Waals surface area contributed by atoms with Gasteiger partial charge in [-0.05, 0) is 97.8 Å². The average Bonchev–Trinajstić information content (AvgIpc) is 1.18. The van der Waals surface area contributed by atoms with E-state index in [-0.39, 0.29) is 30.8 Å². The van der Waals surface area contributed by atoms with Crippen molar-refractivity contribution in [2.45, 2.75) is 194 Å². The smallest absolute Gasteiger partial charge is 0.319 e. The van der Waals surface area contributed by atoms with Crippen LogP contribution in [-0.4, -0.2) is 129 Å². The van der Waals surface area contributed by atoms with Gasteiger partial charge in [0.2, 0.25) is 0 Å². The lowest BCUT2D eigenvalue weighted by molar-refractivity contribution is -0.143. The Balaban J connectivity index is 0.000000315. The van der Waals surface area contributed by atoms with E-state index in [0.717, 1.165) is 55.6 Å². The number of esters is 2. The third-order valence-corrected chi connectivity index (χ3v) is 30.7. The van der Waals surface area contributed by atoms with E-state index in [1.165, 1.54) is 63.2 Å². The lowest BCUT2D eigenvalue weighted by Gasteiger charge is -2.27. The molecular formula is C70H106N10O6Si4. The number of rotatable bonds is 26. The van der Waals surface area contributed by atoms with Crippen molar-refractivity contribution in [1.29, 1.82) is 0 Å². The Hall–Kier alpha value is -6.61. The first-order valence-corrected chi connectivity index (χ1v) is 44.5. The number of methoxy groups -OCH3 is 2. The normalized spacial score (nSPS) is 17.2. The van der Waals surface area contributed by atoms with Crippen LogP contribution in [0.5, 0.6) is 0 Å². The summed E-state index contributed by atoms with van der Waals surface area (Å²) in [7, 11) is -3.38. The number of hydrogen-bond donors (Lipinski definition) is 2. The van der Waals surface area contributed by atoms with Gasteiger partial charge in [0.05, 0.1) is 70.7 Å². The van der Waals surface area contributed by atoms with Gasteiger partial charge in [-0.25, -0.2) is 0 Å². The molecule has 4 aromatic rings. The molecule has 2 unspecified atom stereocenters. The third kappa shape index (κ3) is 23.6. The molecule has 0 radical (unpaired) electrons. The molecule has 2 aliphatic rings. The predicted molar refractivity (Wildman–Crippen MR) is 390 cm³/mol. The van der Waals surface area contributed by atoms with Crippen molar-refractivity contribution in [3.05, 3.63) is 166 Å². The van der Waals surface area contributed by atoms with Gasteiger partial charge in [-0.3, -0.25) is 29.6 Å². The van der Waals surface area contributed by atoms with Gasteiger partial charge in [0, 0.05) is 58.7 Å². The molecule has 2 aliphatic heterocycles. The number of aliphatic hydroxyl groups is 2. The topological polar surface area (TPSA) is 240 Å². The molecule has 4 aromatic carbocycles. The summed E-state index contributed by atoms with van der Waals surface area (Å²) in [6, 6.07) is 36.7. The van der Waals surface area contributed by atoms with Gasteiger partial charge < -0.3 is 19.7 Å². The SMILES string of the molecule is C=CC[Si](C)(C)c1ccc(C(N=[N+]=[N-])C(=O)OC)cc1.C=CC[Si](C)(C)c1ccc(C[C@@H]2N=C(C)[C@@H](C(C)C)N=C2C)cc1.CC1=N[C@H](C(C)C)C(C)=N[C@H]1Cc1ccc([Si](C)(C)CCCO)cc1.COC(=O)C(N=[N+]=[N-])c1ccc([Si](C)(C)CCCO)cc1. The molecule has 0 amide bonds. The second-order valence-corrected chi connectivity index (χ2v) is 46.2. The monoisotopic (exact) mass is 1290 g/mol. The number of carbonyl (C=O) groups excluding carboxylic acids is 2. The molecule has 2 N–H and O–H groups in total. The Morgan fingerprint density at radius 1 is 0.511 bits per heavy atom. The summed E-state index contributed by atoms with van der Waals surface area (Å²) < 4.78 is 9.29. The average molecular weight is 1300 g/mol. The van der Waals surface area contributed by atoms with Crippen LogP contribution in [0.1, 0.15) is 103 Å². The fourth-order valence-electron chi connectivity index (χ4n) is 11.3. The van der Waals surface area contributed by atoms with Crippen molar-refractivity contribution in [1.82, 2.24) is 0 Å². The Morgan fingerprint density at radius 3 is 1.06 bits per heavy atom. The molecule has 0 fully saturated rings. The summed E-state index contributed by atoms with van der Waals surface area (Å²) in [6.07, 6.45) is 7.58. The van der Waals surface area contributed by atoms with Gasteiger partial charge in [0.1, 0.15) is 0 Å². The molecule has 0 aliphatic carbocycles. The molecule has 488 valence electrons. The second kappa shape index (κ2) is 37.0. The maximum absolute atomic E-state index is 11.6.